The average molecular weight is 266 g/mol. The van der Waals surface area contributed by atoms with Gasteiger partial charge < -0.3 is 4.74 Å². The zero-order valence-corrected chi connectivity index (χ0v) is 9.91. The highest BCUT2D eigenvalue weighted by Crippen LogP contribution is 2.25. The molecule has 0 amide bonds. The van der Waals surface area contributed by atoms with Crippen LogP contribution in [-0.4, -0.2) is 12.9 Å². The molecule has 0 bridgehead atoms. The Morgan fingerprint density at radius 1 is 1.00 bits per heavy atom. The van der Waals surface area contributed by atoms with Crippen molar-refractivity contribution in [3.63, 3.8) is 0 Å². The van der Waals surface area contributed by atoms with Crippen LogP contribution in [0.5, 0.6) is 5.75 Å². The molecule has 0 saturated carbocycles. The van der Waals surface area contributed by atoms with E-state index < -0.39 is 34.4 Å². The maximum Gasteiger partial charge on any atom is 0.202 e. The van der Waals surface area contributed by atoms with Crippen LogP contribution in [0.25, 0.3) is 0 Å². The SMILES string of the molecule is COc1cccc(F)c1C(=O)c1cccc(F)c1F. The maximum absolute atomic E-state index is 13.7. The number of rotatable bonds is 3. The molecule has 0 N–H and O–H groups in total. The van der Waals surface area contributed by atoms with Gasteiger partial charge in [-0.2, -0.15) is 0 Å². The first-order valence-corrected chi connectivity index (χ1v) is 5.37. The molecule has 0 saturated heterocycles. The summed E-state index contributed by atoms with van der Waals surface area (Å²) in [6.07, 6.45) is 0. The molecule has 2 aromatic rings. The van der Waals surface area contributed by atoms with E-state index in [1.54, 1.807) is 0 Å². The number of ketones is 1. The van der Waals surface area contributed by atoms with Crippen LogP contribution in [0, 0.1) is 17.5 Å². The smallest absolute Gasteiger partial charge is 0.202 e. The van der Waals surface area contributed by atoms with Gasteiger partial charge in [0, 0.05) is 0 Å². The van der Waals surface area contributed by atoms with Gasteiger partial charge in [-0.3, -0.25) is 4.79 Å². The minimum Gasteiger partial charge on any atom is -0.496 e. The van der Waals surface area contributed by atoms with Crippen molar-refractivity contribution >= 4 is 5.78 Å². The number of hydrogen-bond donors (Lipinski definition) is 0. The largest absolute Gasteiger partial charge is 0.496 e. The van der Waals surface area contributed by atoms with Crippen LogP contribution in [0.1, 0.15) is 15.9 Å². The fraction of sp³-hybridized carbons (Fsp3) is 0.0714. The van der Waals surface area contributed by atoms with E-state index in [2.05, 4.69) is 0 Å². The van der Waals surface area contributed by atoms with Gasteiger partial charge in [-0.1, -0.05) is 12.1 Å². The Morgan fingerprint density at radius 2 is 1.63 bits per heavy atom. The molecule has 0 spiro atoms. The van der Waals surface area contributed by atoms with Crippen molar-refractivity contribution in [2.75, 3.05) is 7.11 Å². The van der Waals surface area contributed by atoms with Crippen LogP contribution >= 0.6 is 0 Å². The first-order valence-electron chi connectivity index (χ1n) is 5.37. The zero-order valence-electron chi connectivity index (χ0n) is 9.91. The quantitative estimate of drug-likeness (QED) is 0.796. The molecule has 0 radical (unpaired) electrons. The molecule has 0 aliphatic carbocycles. The molecule has 0 aliphatic rings. The number of methoxy groups -OCH3 is 1. The lowest BCUT2D eigenvalue weighted by Gasteiger charge is -2.09. The number of hydrogen-bond acceptors (Lipinski definition) is 2. The summed E-state index contributed by atoms with van der Waals surface area (Å²) in [5, 5.41) is 0. The van der Waals surface area contributed by atoms with E-state index in [1.807, 2.05) is 0 Å². The fourth-order valence-corrected chi connectivity index (χ4v) is 1.71. The molecule has 0 aliphatic heterocycles. The van der Waals surface area contributed by atoms with Crippen molar-refractivity contribution in [3.05, 3.63) is 65.0 Å². The van der Waals surface area contributed by atoms with Gasteiger partial charge in [-0.05, 0) is 24.3 Å². The monoisotopic (exact) mass is 266 g/mol. The Balaban J connectivity index is 2.60. The standard InChI is InChI=1S/C14H9F3O2/c1-19-11-7-3-5-9(15)12(11)14(18)8-4-2-6-10(16)13(8)17/h2-7H,1H3. The lowest BCUT2D eigenvalue weighted by atomic mass is 10.0. The van der Waals surface area contributed by atoms with Gasteiger partial charge >= 0.3 is 0 Å². The Labute approximate surface area is 107 Å². The highest BCUT2D eigenvalue weighted by Gasteiger charge is 2.23. The molecule has 5 heteroatoms. The molecule has 0 atom stereocenters. The third-order valence-corrected chi connectivity index (χ3v) is 2.62. The third kappa shape index (κ3) is 2.31. The van der Waals surface area contributed by atoms with Crippen molar-refractivity contribution in [2.45, 2.75) is 0 Å². The summed E-state index contributed by atoms with van der Waals surface area (Å²) < 4.78 is 45.2. The van der Waals surface area contributed by atoms with Gasteiger partial charge in [0.25, 0.3) is 0 Å². The molecule has 2 aromatic carbocycles. The Hall–Kier alpha value is -2.30. The molecule has 19 heavy (non-hydrogen) atoms. The predicted molar refractivity (Wildman–Crippen MR) is 62.7 cm³/mol. The van der Waals surface area contributed by atoms with Gasteiger partial charge in [-0.25, -0.2) is 13.2 Å². The lowest BCUT2D eigenvalue weighted by Crippen LogP contribution is -2.09. The summed E-state index contributed by atoms with van der Waals surface area (Å²) in [7, 11) is 1.26. The van der Waals surface area contributed by atoms with Gasteiger partial charge in [0.1, 0.15) is 17.1 Å². The lowest BCUT2D eigenvalue weighted by molar-refractivity contribution is 0.102. The molecule has 0 unspecified atom stereocenters. The summed E-state index contributed by atoms with van der Waals surface area (Å²) in [5.74, 6) is -4.33. The summed E-state index contributed by atoms with van der Waals surface area (Å²) in [4.78, 5) is 12.1. The third-order valence-electron chi connectivity index (χ3n) is 2.62. The van der Waals surface area contributed by atoms with E-state index in [0.717, 1.165) is 18.2 Å². The van der Waals surface area contributed by atoms with Gasteiger partial charge in [0.2, 0.25) is 5.78 Å². The van der Waals surface area contributed by atoms with Crippen LogP contribution < -0.4 is 4.74 Å². The van der Waals surface area contributed by atoms with Crippen LogP contribution in [0.4, 0.5) is 13.2 Å². The van der Waals surface area contributed by atoms with Crippen LogP contribution in [0.3, 0.4) is 0 Å². The molecular weight excluding hydrogens is 257 g/mol. The van der Waals surface area contributed by atoms with Gasteiger partial charge in [-0.15, -0.1) is 0 Å². The minimum absolute atomic E-state index is 0.0336. The fourth-order valence-electron chi connectivity index (χ4n) is 1.71. The number of benzene rings is 2. The molecule has 98 valence electrons. The first kappa shape index (κ1) is 13.1. The van der Waals surface area contributed by atoms with Crippen molar-refractivity contribution in [3.8, 4) is 5.75 Å². The van der Waals surface area contributed by atoms with Crippen molar-refractivity contribution in [1.29, 1.82) is 0 Å². The summed E-state index contributed by atoms with van der Waals surface area (Å²) in [6, 6.07) is 6.92. The van der Waals surface area contributed by atoms with E-state index in [1.165, 1.54) is 25.3 Å². The topological polar surface area (TPSA) is 26.3 Å². The predicted octanol–water partition coefficient (Wildman–Crippen LogP) is 3.34. The number of ether oxygens (including phenoxy) is 1. The second-order valence-electron chi connectivity index (χ2n) is 3.75. The maximum atomic E-state index is 13.7. The van der Waals surface area contributed by atoms with E-state index in [-0.39, 0.29) is 5.75 Å². The normalized spacial score (nSPS) is 10.3. The highest BCUT2D eigenvalue weighted by atomic mass is 19.2. The summed E-state index contributed by atoms with van der Waals surface area (Å²) >= 11 is 0. The molecular formula is C14H9F3O2. The molecule has 2 nitrogen and oxygen atoms in total. The van der Waals surface area contributed by atoms with Crippen LogP contribution in [0.2, 0.25) is 0 Å². The van der Waals surface area contributed by atoms with Crippen molar-refractivity contribution in [2.24, 2.45) is 0 Å². The van der Waals surface area contributed by atoms with Crippen LogP contribution in [0.15, 0.2) is 36.4 Å². The number of halogens is 3. The highest BCUT2D eigenvalue weighted by molar-refractivity contribution is 6.11. The molecule has 2 rings (SSSR count). The second kappa shape index (κ2) is 5.14. The van der Waals surface area contributed by atoms with E-state index >= 15 is 0 Å². The summed E-state index contributed by atoms with van der Waals surface area (Å²) in [5.41, 5.74) is -0.960. The van der Waals surface area contributed by atoms with E-state index in [9.17, 15) is 18.0 Å². The van der Waals surface area contributed by atoms with Crippen molar-refractivity contribution < 1.29 is 22.7 Å². The minimum atomic E-state index is -1.31. The Bertz CT molecular complexity index is 639. The number of carbonyl (C=O) groups excluding carboxylic acids is 1. The second-order valence-corrected chi connectivity index (χ2v) is 3.75. The van der Waals surface area contributed by atoms with Crippen LogP contribution in [-0.2, 0) is 0 Å². The van der Waals surface area contributed by atoms with Gasteiger partial charge in [0.15, 0.2) is 11.6 Å². The summed E-state index contributed by atoms with van der Waals surface area (Å²) in [6.45, 7) is 0. The van der Waals surface area contributed by atoms with E-state index in [4.69, 9.17) is 4.74 Å². The molecule has 0 aromatic heterocycles. The number of carbonyl (C=O) groups is 1. The Morgan fingerprint density at radius 3 is 2.32 bits per heavy atom. The van der Waals surface area contributed by atoms with Crippen molar-refractivity contribution in [1.82, 2.24) is 0 Å². The average Bonchev–Trinajstić information content (AvgIpc) is 2.40. The molecule has 0 heterocycles. The Kier molecular flexibility index (Phi) is 3.55. The van der Waals surface area contributed by atoms with E-state index in [0.29, 0.717) is 0 Å². The zero-order chi connectivity index (χ0) is 14.0. The molecule has 0 fully saturated rings. The van der Waals surface area contributed by atoms with Gasteiger partial charge in [0.05, 0.1) is 12.7 Å². The first-order chi connectivity index (χ1) is 9.06.